The number of fused-ring (bicyclic) bond motifs is 1. The Labute approximate surface area is 217 Å². The molecule has 7 nitrogen and oxygen atoms in total. The molecular weight excluding hydrogens is 506 g/mol. The highest BCUT2D eigenvalue weighted by atomic mass is 35.5. The number of para-hydroxylation sites is 1. The molecule has 0 bridgehead atoms. The molecule has 2 aliphatic heterocycles. The van der Waals surface area contributed by atoms with Crippen molar-refractivity contribution in [3.8, 4) is 0 Å². The number of nitrogens with one attached hydrogen (secondary N) is 1. The summed E-state index contributed by atoms with van der Waals surface area (Å²) >= 11 is 7.41. The number of amides is 1. The standard InChI is InChI=1S/C25H25ClF2N6OS/c1-32(2)16-8-10-33(11-9-16)21-7-6-15(12-20(21)28)30-25-29-13-17-23(31-25)36-14-34(24(17)35)22-18(26)4-3-5-19(22)27/h3-7,12-13,16H,8-11,14H2,1-2H3,(H,29,30,31). The first-order chi connectivity index (χ1) is 17.3. The average Bonchev–Trinajstić information content (AvgIpc) is 2.85. The first-order valence-corrected chi connectivity index (χ1v) is 12.9. The minimum absolute atomic E-state index is 0.0334. The second kappa shape index (κ2) is 10.2. The molecule has 0 unspecified atom stereocenters. The summed E-state index contributed by atoms with van der Waals surface area (Å²) in [6.45, 7) is 1.61. The number of rotatable bonds is 5. The predicted octanol–water partition coefficient (Wildman–Crippen LogP) is 5.39. The number of halogens is 3. The summed E-state index contributed by atoms with van der Waals surface area (Å²) in [5.74, 6) is -0.937. The summed E-state index contributed by atoms with van der Waals surface area (Å²) in [4.78, 5) is 27.2. The molecule has 1 N–H and O–H groups in total. The predicted molar refractivity (Wildman–Crippen MR) is 140 cm³/mol. The molecule has 2 aliphatic rings. The van der Waals surface area contributed by atoms with Gasteiger partial charge < -0.3 is 15.1 Å². The molecule has 0 saturated carbocycles. The van der Waals surface area contributed by atoms with E-state index in [1.54, 1.807) is 12.1 Å². The highest BCUT2D eigenvalue weighted by Gasteiger charge is 2.31. The van der Waals surface area contributed by atoms with E-state index in [1.807, 2.05) is 0 Å². The normalized spacial score (nSPS) is 16.4. The fraction of sp³-hybridized carbons (Fsp3) is 0.320. The lowest BCUT2D eigenvalue weighted by Gasteiger charge is -2.36. The molecule has 1 amide bonds. The van der Waals surface area contributed by atoms with Crippen molar-refractivity contribution in [1.82, 2.24) is 14.9 Å². The number of aromatic nitrogens is 2. The number of piperidine rings is 1. The minimum atomic E-state index is -0.577. The van der Waals surface area contributed by atoms with Crippen LogP contribution in [0.2, 0.25) is 5.02 Å². The van der Waals surface area contributed by atoms with Crippen molar-refractivity contribution in [3.63, 3.8) is 0 Å². The Morgan fingerprint density at radius 1 is 1.14 bits per heavy atom. The van der Waals surface area contributed by atoms with Crippen LogP contribution in [0.1, 0.15) is 23.2 Å². The van der Waals surface area contributed by atoms with Crippen LogP contribution in [0.3, 0.4) is 0 Å². The molecule has 0 radical (unpaired) electrons. The fourth-order valence-corrected chi connectivity index (χ4v) is 5.73. The number of hydrogen-bond acceptors (Lipinski definition) is 7. The Hall–Kier alpha value is -2.95. The highest BCUT2D eigenvalue weighted by Crippen LogP contribution is 2.37. The van der Waals surface area contributed by atoms with Crippen LogP contribution in [-0.2, 0) is 0 Å². The van der Waals surface area contributed by atoms with E-state index in [9.17, 15) is 13.6 Å². The van der Waals surface area contributed by atoms with Crippen molar-refractivity contribution in [2.45, 2.75) is 23.9 Å². The minimum Gasteiger partial charge on any atom is -0.369 e. The van der Waals surface area contributed by atoms with Crippen LogP contribution in [0.15, 0.2) is 47.6 Å². The van der Waals surface area contributed by atoms with Gasteiger partial charge in [-0.05, 0) is 57.3 Å². The number of nitrogens with zero attached hydrogens (tertiary/aromatic N) is 5. The Morgan fingerprint density at radius 3 is 2.61 bits per heavy atom. The number of benzene rings is 2. The zero-order chi connectivity index (χ0) is 25.4. The van der Waals surface area contributed by atoms with Crippen LogP contribution in [0.25, 0.3) is 0 Å². The number of anilines is 4. The average molecular weight is 531 g/mol. The van der Waals surface area contributed by atoms with Gasteiger partial charge in [0.05, 0.1) is 27.8 Å². The number of carbonyl (C=O) groups excluding carboxylic acids is 1. The SMILES string of the molecule is CN(C)C1CCN(c2ccc(Nc3ncc4c(n3)SCN(c3c(F)cccc3Cl)C4=O)cc2F)CC1. The molecule has 3 aromatic rings. The maximum absolute atomic E-state index is 15.0. The molecule has 188 valence electrons. The van der Waals surface area contributed by atoms with E-state index in [0.29, 0.717) is 22.4 Å². The summed E-state index contributed by atoms with van der Waals surface area (Å²) in [6.07, 6.45) is 3.37. The Balaban J connectivity index is 1.29. The molecule has 1 aromatic heterocycles. The number of hydrogen-bond donors (Lipinski definition) is 1. The van der Waals surface area contributed by atoms with Crippen LogP contribution in [0, 0.1) is 11.6 Å². The number of thioether (sulfide) groups is 1. The molecule has 5 rings (SSSR count). The van der Waals surface area contributed by atoms with E-state index in [-0.39, 0.29) is 33.9 Å². The first kappa shape index (κ1) is 24.7. The third kappa shape index (κ3) is 4.85. The summed E-state index contributed by atoms with van der Waals surface area (Å²) < 4.78 is 29.3. The fourth-order valence-electron chi connectivity index (χ4n) is 4.52. The lowest BCUT2D eigenvalue weighted by atomic mass is 10.0. The van der Waals surface area contributed by atoms with Gasteiger partial charge in [-0.3, -0.25) is 9.69 Å². The topological polar surface area (TPSA) is 64.6 Å². The van der Waals surface area contributed by atoms with Crippen molar-refractivity contribution < 1.29 is 13.6 Å². The molecule has 1 fully saturated rings. The lowest BCUT2D eigenvalue weighted by Crippen LogP contribution is -2.42. The largest absolute Gasteiger partial charge is 0.369 e. The molecule has 11 heteroatoms. The molecule has 3 heterocycles. The Bertz CT molecular complexity index is 1280. The van der Waals surface area contributed by atoms with Gasteiger partial charge in [0.15, 0.2) is 0 Å². The zero-order valence-corrected chi connectivity index (χ0v) is 21.4. The van der Waals surface area contributed by atoms with Crippen molar-refractivity contribution in [2.75, 3.05) is 48.2 Å². The molecule has 36 heavy (non-hydrogen) atoms. The van der Waals surface area contributed by atoms with Gasteiger partial charge in [0, 0.05) is 31.0 Å². The number of carbonyl (C=O) groups is 1. The second-order valence-electron chi connectivity index (χ2n) is 8.96. The van der Waals surface area contributed by atoms with Crippen LogP contribution in [0.4, 0.5) is 31.8 Å². The van der Waals surface area contributed by atoms with Gasteiger partial charge in [-0.25, -0.2) is 18.7 Å². The maximum atomic E-state index is 15.0. The summed E-state index contributed by atoms with van der Waals surface area (Å²) in [5.41, 5.74) is 1.37. The van der Waals surface area contributed by atoms with Crippen molar-refractivity contribution in [3.05, 3.63) is 64.8 Å². The van der Waals surface area contributed by atoms with E-state index in [1.165, 1.54) is 47.1 Å². The van der Waals surface area contributed by atoms with E-state index in [0.717, 1.165) is 25.9 Å². The monoisotopic (exact) mass is 530 g/mol. The Morgan fingerprint density at radius 2 is 1.92 bits per heavy atom. The summed E-state index contributed by atoms with van der Waals surface area (Å²) in [5, 5.41) is 3.63. The van der Waals surface area contributed by atoms with Crippen LogP contribution >= 0.6 is 23.4 Å². The van der Waals surface area contributed by atoms with Crippen molar-refractivity contribution in [1.29, 1.82) is 0 Å². The van der Waals surface area contributed by atoms with Crippen LogP contribution in [-0.4, -0.2) is 59.9 Å². The van der Waals surface area contributed by atoms with Crippen molar-refractivity contribution in [2.24, 2.45) is 0 Å². The Kier molecular flexibility index (Phi) is 7.00. The van der Waals surface area contributed by atoms with Gasteiger partial charge in [0.2, 0.25) is 5.95 Å². The van der Waals surface area contributed by atoms with E-state index >= 15 is 0 Å². The van der Waals surface area contributed by atoms with Gasteiger partial charge >= 0.3 is 0 Å². The highest BCUT2D eigenvalue weighted by molar-refractivity contribution is 7.99. The van der Waals surface area contributed by atoms with E-state index in [2.05, 4.69) is 39.2 Å². The second-order valence-corrected chi connectivity index (χ2v) is 10.3. The molecule has 0 atom stereocenters. The van der Waals surface area contributed by atoms with Gasteiger partial charge in [0.25, 0.3) is 5.91 Å². The molecule has 0 aliphatic carbocycles. The van der Waals surface area contributed by atoms with Gasteiger partial charge in [0.1, 0.15) is 16.7 Å². The van der Waals surface area contributed by atoms with Gasteiger partial charge in [-0.15, -0.1) is 0 Å². The quantitative estimate of drug-likeness (QED) is 0.443. The van der Waals surface area contributed by atoms with Crippen LogP contribution < -0.4 is 15.1 Å². The molecule has 0 spiro atoms. The molecule has 1 saturated heterocycles. The van der Waals surface area contributed by atoms with Gasteiger partial charge in [-0.2, -0.15) is 0 Å². The molecular formula is C25H25ClF2N6OS. The van der Waals surface area contributed by atoms with Gasteiger partial charge in [-0.1, -0.05) is 29.4 Å². The van der Waals surface area contributed by atoms with E-state index < -0.39 is 11.7 Å². The maximum Gasteiger partial charge on any atom is 0.263 e. The van der Waals surface area contributed by atoms with Crippen molar-refractivity contribution >= 4 is 52.3 Å². The van der Waals surface area contributed by atoms with E-state index in [4.69, 9.17) is 11.6 Å². The molecule has 2 aromatic carbocycles. The third-order valence-corrected chi connectivity index (χ3v) is 7.78. The smallest absolute Gasteiger partial charge is 0.263 e. The third-order valence-electron chi connectivity index (χ3n) is 6.51. The first-order valence-electron chi connectivity index (χ1n) is 11.6. The summed E-state index contributed by atoms with van der Waals surface area (Å²) in [7, 11) is 4.15. The lowest BCUT2D eigenvalue weighted by molar-refractivity contribution is 0.0985. The van der Waals surface area contributed by atoms with Crippen LogP contribution in [0.5, 0.6) is 0 Å². The zero-order valence-electron chi connectivity index (χ0n) is 19.8. The summed E-state index contributed by atoms with van der Waals surface area (Å²) in [6, 6.07) is 9.78.